The predicted octanol–water partition coefficient (Wildman–Crippen LogP) is 3.45. The summed E-state index contributed by atoms with van der Waals surface area (Å²) in [6, 6.07) is 11.6. The summed E-state index contributed by atoms with van der Waals surface area (Å²) >= 11 is 0. The average molecular weight is 447 g/mol. The lowest BCUT2D eigenvalue weighted by molar-refractivity contribution is 0.293. The van der Waals surface area contributed by atoms with Gasteiger partial charge in [0.15, 0.2) is 11.5 Å². The Kier molecular flexibility index (Phi) is 5.63. The number of fused-ring (bicyclic) bond motifs is 1. The molecule has 1 aromatic heterocycles. The molecular formula is C22H23FN2O5S. The van der Waals surface area contributed by atoms with Crippen LogP contribution in [0.2, 0.25) is 0 Å². The van der Waals surface area contributed by atoms with Gasteiger partial charge in [0.25, 0.3) is 0 Å². The smallest absolute Gasteiger partial charge is 0.244 e. The Hall–Kier alpha value is -3.04. The maximum Gasteiger partial charge on any atom is 0.244 e. The highest BCUT2D eigenvalue weighted by atomic mass is 32.2. The van der Waals surface area contributed by atoms with Gasteiger partial charge in [-0.05, 0) is 48.0 Å². The molecule has 0 N–H and O–H groups in total. The summed E-state index contributed by atoms with van der Waals surface area (Å²) < 4.78 is 60.7. The maximum atomic E-state index is 13.8. The van der Waals surface area contributed by atoms with Gasteiger partial charge in [0, 0.05) is 25.0 Å². The van der Waals surface area contributed by atoms with E-state index in [4.69, 9.17) is 14.2 Å². The first kappa shape index (κ1) is 21.2. The van der Waals surface area contributed by atoms with Crippen molar-refractivity contribution in [1.29, 1.82) is 0 Å². The van der Waals surface area contributed by atoms with Crippen molar-refractivity contribution in [1.82, 2.24) is 8.87 Å². The molecule has 0 bridgehead atoms. The zero-order valence-corrected chi connectivity index (χ0v) is 18.2. The number of rotatable bonds is 6. The van der Waals surface area contributed by atoms with E-state index in [0.29, 0.717) is 29.4 Å². The van der Waals surface area contributed by atoms with Crippen LogP contribution in [0.5, 0.6) is 17.2 Å². The van der Waals surface area contributed by atoms with Crippen molar-refractivity contribution in [3.63, 3.8) is 0 Å². The molecule has 0 spiro atoms. The zero-order chi connectivity index (χ0) is 22.2. The molecule has 0 amide bonds. The fourth-order valence-corrected chi connectivity index (χ4v) is 5.59. The van der Waals surface area contributed by atoms with Gasteiger partial charge in [0.1, 0.15) is 5.82 Å². The molecule has 164 valence electrons. The highest BCUT2D eigenvalue weighted by Gasteiger charge is 2.38. The number of halogens is 1. The fourth-order valence-electron chi connectivity index (χ4n) is 3.98. The van der Waals surface area contributed by atoms with E-state index in [1.54, 1.807) is 12.1 Å². The van der Waals surface area contributed by atoms with E-state index in [1.165, 1.54) is 43.8 Å². The van der Waals surface area contributed by atoms with Crippen LogP contribution in [0.15, 0.2) is 59.6 Å². The molecule has 4 rings (SSSR count). The minimum atomic E-state index is -3.99. The Morgan fingerprint density at radius 1 is 0.935 bits per heavy atom. The number of aromatic nitrogens is 1. The lowest BCUT2D eigenvalue weighted by Gasteiger charge is -2.36. The van der Waals surface area contributed by atoms with Gasteiger partial charge in [0.05, 0.1) is 32.3 Å². The SMILES string of the molecule is COc1cc(C2c3cccn3CCN2S(=O)(=O)c2cccc(F)c2)cc(OC)c1OC. The molecule has 0 aliphatic carbocycles. The number of hydrogen-bond acceptors (Lipinski definition) is 5. The fraction of sp³-hybridized carbons (Fsp3) is 0.273. The van der Waals surface area contributed by atoms with Crippen LogP contribution in [0.1, 0.15) is 17.3 Å². The van der Waals surface area contributed by atoms with Gasteiger partial charge in [-0.3, -0.25) is 0 Å². The van der Waals surface area contributed by atoms with Gasteiger partial charge in [0.2, 0.25) is 15.8 Å². The van der Waals surface area contributed by atoms with Crippen LogP contribution >= 0.6 is 0 Å². The molecule has 0 saturated heterocycles. The normalized spacial score (nSPS) is 16.6. The Labute approximate surface area is 180 Å². The van der Waals surface area contributed by atoms with E-state index in [2.05, 4.69) is 0 Å². The van der Waals surface area contributed by atoms with E-state index in [1.807, 2.05) is 22.9 Å². The van der Waals surface area contributed by atoms with Gasteiger partial charge in [-0.2, -0.15) is 4.31 Å². The molecule has 9 heteroatoms. The van der Waals surface area contributed by atoms with E-state index in [0.717, 1.165) is 11.8 Å². The van der Waals surface area contributed by atoms with Crippen LogP contribution in [-0.2, 0) is 16.6 Å². The summed E-state index contributed by atoms with van der Waals surface area (Å²) in [4.78, 5) is -0.0926. The summed E-state index contributed by atoms with van der Waals surface area (Å²) in [5.74, 6) is 0.651. The van der Waals surface area contributed by atoms with Gasteiger partial charge < -0.3 is 18.8 Å². The molecule has 0 saturated carbocycles. The molecule has 0 radical (unpaired) electrons. The topological polar surface area (TPSA) is 70.0 Å². The van der Waals surface area contributed by atoms with Crippen molar-refractivity contribution in [2.24, 2.45) is 0 Å². The standard InChI is InChI=1S/C22H23FN2O5S/c1-28-19-12-15(13-20(29-2)22(19)30-3)21-18-8-5-9-24(18)10-11-25(21)31(26,27)17-7-4-6-16(23)14-17/h4-9,12-14,21H,10-11H2,1-3H3. The van der Waals surface area contributed by atoms with Crippen LogP contribution in [0, 0.1) is 5.82 Å². The number of ether oxygens (including phenoxy) is 3. The van der Waals surface area contributed by atoms with Crippen molar-refractivity contribution in [3.05, 3.63) is 71.8 Å². The lowest BCUT2D eigenvalue weighted by Crippen LogP contribution is -2.42. The van der Waals surface area contributed by atoms with Crippen LogP contribution in [0.4, 0.5) is 4.39 Å². The second-order valence-corrected chi connectivity index (χ2v) is 8.95. The van der Waals surface area contributed by atoms with Crippen molar-refractivity contribution in [2.45, 2.75) is 17.5 Å². The third-order valence-corrected chi connectivity index (χ3v) is 7.26. The minimum absolute atomic E-state index is 0.0926. The van der Waals surface area contributed by atoms with Gasteiger partial charge in [-0.15, -0.1) is 0 Å². The molecule has 31 heavy (non-hydrogen) atoms. The summed E-state index contributed by atoms with van der Waals surface area (Å²) in [6.45, 7) is 0.708. The van der Waals surface area contributed by atoms with Crippen molar-refractivity contribution < 1.29 is 27.0 Å². The minimum Gasteiger partial charge on any atom is -0.493 e. The third-order valence-electron chi connectivity index (χ3n) is 5.40. The molecule has 1 aliphatic heterocycles. The van der Waals surface area contributed by atoms with Gasteiger partial charge >= 0.3 is 0 Å². The highest BCUT2D eigenvalue weighted by Crippen LogP contribution is 2.44. The molecule has 7 nitrogen and oxygen atoms in total. The van der Waals surface area contributed by atoms with E-state index in [9.17, 15) is 12.8 Å². The second-order valence-electron chi connectivity index (χ2n) is 7.06. The van der Waals surface area contributed by atoms with Crippen LogP contribution in [0.3, 0.4) is 0 Å². The quantitative estimate of drug-likeness (QED) is 0.580. The van der Waals surface area contributed by atoms with Crippen LogP contribution < -0.4 is 14.2 Å². The Bertz CT molecular complexity index is 1180. The average Bonchev–Trinajstić information content (AvgIpc) is 3.26. The highest BCUT2D eigenvalue weighted by molar-refractivity contribution is 7.89. The van der Waals surface area contributed by atoms with Crippen LogP contribution in [-0.4, -0.2) is 45.2 Å². The van der Waals surface area contributed by atoms with E-state index < -0.39 is 21.9 Å². The molecule has 1 atom stereocenters. The number of methoxy groups -OCH3 is 3. The molecule has 1 unspecified atom stereocenters. The number of benzene rings is 2. The first-order valence-electron chi connectivity index (χ1n) is 9.63. The number of nitrogens with zero attached hydrogens (tertiary/aromatic N) is 2. The molecular weight excluding hydrogens is 423 g/mol. The Balaban J connectivity index is 1.91. The van der Waals surface area contributed by atoms with E-state index >= 15 is 0 Å². The molecule has 2 aromatic carbocycles. The first-order chi connectivity index (χ1) is 14.9. The third kappa shape index (κ3) is 3.64. The van der Waals surface area contributed by atoms with Crippen molar-refractivity contribution in [2.75, 3.05) is 27.9 Å². The molecule has 3 aromatic rings. The van der Waals surface area contributed by atoms with Gasteiger partial charge in [-0.25, -0.2) is 12.8 Å². The van der Waals surface area contributed by atoms with Gasteiger partial charge in [-0.1, -0.05) is 6.07 Å². The molecule has 0 fully saturated rings. The zero-order valence-electron chi connectivity index (χ0n) is 17.4. The summed E-state index contributed by atoms with van der Waals surface area (Å²) in [6.07, 6.45) is 1.91. The lowest BCUT2D eigenvalue weighted by atomic mass is 10.0. The van der Waals surface area contributed by atoms with Crippen molar-refractivity contribution >= 4 is 10.0 Å². The number of hydrogen-bond donors (Lipinski definition) is 0. The summed E-state index contributed by atoms with van der Waals surface area (Å²) in [5, 5.41) is 0. The number of sulfonamides is 1. The van der Waals surface area contributed by atoms with Crippen molar-refractivity contribution in [3.8, 4) is 17.2 Å². The predicted molar refractivity (Wildman–Crippen MR) is 113 cm³/mol. The second kappa shape index (κ2) is 8.24. The molecule has 2 heterocycles. The monoisotopic (exact) mass is 446 g/mol. The molecule has 1 aliphatic rings. The first-order valence-corrected chi connectivity index (χ1v) is 11.1. The van der Waals surface area contributed by atoms with E-state index in [-0.39, 0.29) is 11.4 Å². The van der Waals surface area contributed by atoms with Crippen LogP contribution in [0.25, 0.3) is 0 Å². The largest absolute Gasteiger partial charge is 0.493 e. The summed E-state index contributed by atoms with van der Waals surface area (Å²) in [5.41, 5.74) is 1.44. The Morgan fingerprint density at radius 3 is 2.26 bits per heavy atom. The Morgan fingerprint density at radius 2 is 1.65 bits per heavy atom. The summed E-state index contributed by atoms with van der Waals surface area (Å²) in [7, 11) is 0.528. The maximum absolute atomic E-state index is 13.8.